The molecule has 0 amide bonds. The molecule has 6 heteroatoms. The first-order valence-corrected chi connectivity index (χ1v) is 7.08. The molecule has 0 aromatic heterocycles. The molecular formula is C15H20O6. The van der Waals surface area contributed by atoms with Gasteiger partial charge in [0.25, 0.3) is 0 Å². The van der Waals surface area contributed by atoms with Gasteiger partial charge in [-0.15, -0.1) is 0 Å². The summed E-state index contributed by atoms with van der Waals surface area (Å²) in [6.45, 7) is 3.51. The number of esters is 2. The van der Waals surface area contributed by atoms with Gasteiger partial charge in [0.1, 0.15) is 0 Å². The highest BCUT2D eigenvalue weighted by atomic mass is 16.5. The molecule has 21 heavy (non-hydrogen) atoms. The molecule has 0 spiro atoms. The summed E-state index contributed by atoms with van der Waals surface area (Å²) in [4.78, 5) is 47.9. The second kappa shape index (κ2) is 7.71. The molecule has 1 rings (SSSR count). The van der Waals surface area contributed by atoms with E-state index >= 15 is 0 Å². The first-order chi connectivity index (χ1) is 9.98. The molecule has 0 heterocycles. The van der Waals surface area contributed by atoms with Crippen molar-refractivity contribution in [2.75, 3.05) is 13.2 Å². The molecular weight excluding hydrogens is 276 g/mol. The highest BCUT2D eigenvalue weighted by Crippen LogP contribution is 2.36. The predicted octanol–water partition coefficient (Wildman–Crippen LogP) is 1.37. The van der Waals surface area contributed by atoms with Gasteiger partial charge in [-0.25, -0.2) is 4.79 Å². The van der Waals surface area contributed by atoms with Crippen LogP contribution in [0, 0.1) is 5.41 Å². The van der Waals surface area contributed by atoms with Gasteiger partial charge in [-0.1, -0.05) is 6.42 Å². The summed E-state index contributed by atoms with van der Waals surface area (Å²) in [5.74, 6) is -2.66. The molecule has 0 aromatic carbocycles. The summed E-state index contributed by atoms with van der Waals surface area (Å²) in [7, 11) is 0. The van der Waals surface area contributed by atoms with Crippen molar-refractivity contribution in [1.29, 1.82) is 0 Å². The minimum Gasteiger partial charge on any atom is -0.465 e. The summed E-state index contributed by atoms with van der Waals surface area (Å²) >= 11 is 0. The van der Waals surface area contributed by atoms with Crippen LogP contribution in [0.3, 0.4) is 0 Å². The number of ether oxygens (including phenoxy) is 2. The van der Waals surface area contributed by atoms with E-state index in [4.69, 9.17) is 4.74 Å². The molecule has 0 saturated heterocycles. The topological polar surface area (TPSA) is 86.7 Å². The quantitative estimate of drug-likeness (QED) is 0.418. The number of hydrogen-bond donors (Lipinski definition) is 0. The zero-order chi connectivity index (χ0) is 15.9. The minimum atomic E-state index is -1.79. The van der Waals surface area contributed by atoms with E-state index in [1.807, 2.05) is 0 Å². The Bertz CT molecular complexity index is 465. The summed E-state index contributed by atoms with van der Waals surface area (Å²) < 4.78 is 9.57. The average Bonchev–Trinajstić information content (AvgIpc) is 2.46. The van der Waals surface area contributed by atoms with Crippen LogP contribution in [0.25, 0.3) is 0 Å². The molecule has 1 unspecified atom stereocenters. The Morgan fingerprint density at radius 3 is 2.33 bits per heavy atom. The van der Waals surface area contributed by atoms with Crippen molar-refractivity contribution in [3.63, 3.8) is 0 Å². The van der Waals surface area contributed by atoms with Gasteiger partial charge in [0.2, 0.25) is 0 Å². The van der Waals surface area contributed by atoms with Crippen molar-refractivity contribution in [1.82, 2.24) is 0 Å². The molecule has 0 radical (unpaired) electrons. The van der Waals surface area contributed by atoms with Crippen molar-refractivity contribution in [2.45, 2.75) is 39.5 Å². The van der Waals surface area contributed by atoms with Crippen molar-refractivity contribution in [3.05, 3.63) is 12.2 Å². The van der Waals surface area contributed by atoms with Crippen LogP contribution in [-0.2, 0) is 28.7 Å². The van der Waals surface area contributed by atoms with E-state index in [0.29, 0.717) is 12.8 Å². The van der Waals surface area contributed by atoms with Crippen LogP contribution in [-0.4, -0.2) is 36.7 Å². The van der Waals surface area contributed by atoms with Crippen molar-refractivity contribution in [3.8, 4) is 0 Å². The maximum atomic E-state index is 12.3. The lowest BCUT2D eigenvalue weighted by molar-refractivity contribution is -0.165. The van der Waals surface area contributed by atoms with Crippen LogP contribution in [0.4, 0.5) is 0 Å². The summed E-state index contributed by atoms with van der Waals surface area (Å²) in [5, 5.41) is 0. The highest BCUT2D eigenvalue weighted by Gasteiger charge is 2.53. The van der Waals surface area contributed by atoms with E-state index in [9.17, 15) is 19.2 Å². The van der Waals surface area contributed by atoms with E-state index < -0.39 is 28.9 Å². The van der Waals surface area contributed by atoms with Crippen LogP contribution >= 0.6 is 0 Å². The number of carbonyl (C=O) groups excluding carboxylic acids is 4. The summed E-state index contributed by atoms with van der Waals surface area (Å²) in [6, 6.07) is 0. The maximum absolute atomic E-state index is 12.3. The maximum Gasteiger partial charge on any atom is 0.330 e. The van der Waals surface area contributed by atoms with E-state index in [1.54, 1.807) is 13.8 Å². The third-order valence-electron chi connectivity index (χ3n) is 3.38. The third-order valence-corrected chi connectivity index (χ3v) is 3.38. The molecule has 1 fully saturated rings. The molecule has 1 aliphatic rings. The minimum absolute atomic E-state index is 0.0860. The molecule has 6 nitrogen and oxygen atoms in total. The van der Waals surface area contributed by atoms with Crippen LogP contribution in [0.15, 0.2) is 12.2 Å². The lowest BCUT2D eigenvalue weighted by Crippen LogP contribution is -2.48. The van der Waals surface area contributed by atoms with Crippen LogP contribution in [0.2, 0.25) is 0 Å². The molecule has 1 aliphatic carbocycles. The third kappa shape index (κ3) is 3.77. The number of hydrogen-bond acceptors (Lipinski definition) is 6. The fourth-order valence-electron chi connectivity index (χ4n) is 2.34. The second-order valence-electron chi connectivity index (χ2n) is 4.71. The number of carbonyl (C=O) groups is 4. The largest absolute Gasteiger partial charge is 0.465 e. The molecule has 0 aliphatic heterocycles. The molecule has 1 saturated carbocycles. The van der Waals surface area contributed by atoms with E-state index in [2.05, 4.69) is 4.74 Å². The van der Waals surface area contributed by atoms with Gasteiger partial charge in [0.15, 0.2) is 17.0 Å². The van der Waals surface area contributed by atoms with Gasteiger partial charge in [-0.3, -0.25) is 14.4 Å². The van der Waals surface area contributed by atoms with Gasteiger partial charge in [-0.2, -0.15) is 0 Å². The normalized spacial score (nSPS) is 22.1. The molecule has 116 valence electrons. The van der Waals surface area contributed by atoms with E-state index in [1.165, 1.54) is 0 Å². The van der Waals surface area contributed by atoms with Crippen molar-refractivity contribution >= 4 is 23.5 Å². The van der Waals surface area contributed by atoms with Gasteiger partial charge >= 0.3 is 11.9 Å². The lowest BCUT2D eigenvalue weighted by Gasteiger charge is -2.30. The summed E-state index contributed by atoms with van der Waals surface area (Å²) in [6.07, 6.45) is 3.40. The fraction of sp³-hybridized carbons (Fsp3) is 0.600. The number of Topliss-reactive ketones (excluding diaryl/α,β-unsaturated/α-hetero) is 1. The lowest BCUT2D eigenvalue weighted by atomic mass is 9.70. The Hall–Kier alpha value is -1.98. The Balaban J connectivity index is 3.01. The van der Waals surface area contributed by atoms with Crippen molar-refractivity contribution in [2.24, 2.45) is 5.41 Å². The van der Waals surface area contributed by atoms with Crippen LogP contribution in [0.1, 0.15) is 39.5 Å². The Morgan fingerprint density at radius 1 is 1.10 bits per heavy atom. The Kier molecular flexibility index (Phi) is 6.27. The van der Waals surface area contributed by atoms with E-state index in [0.717, 1.165) is 12.2 Å². The zero-order valence-corrected chi connectivity index (χ0v) is 12.3. The number of allylic oxidation sites excluding steroid dienone is 1. The molecule has 0 N–H and O–H groups in total. The fourth-order valence-corrected chi connectivity index (χ4v) is 2.34. The number of rotatable bonds is 6. The Labute approximate surface area is 123 Å². The molecule has 0 aromatic rings. The molecule has 0 bridgehead atoms. The van der Waals surface area contributed by atoms with Gasteiger partial charge in [0, 0.05) is 12.5 Å². The SMILES string of the molecule is CCOC(=O)/C=C\C(=O)C1(C(=O)OCC)CCCCC1=O. The van der Waals surface area contributed by atoms with Crippen LogP contribution in [0.5, 0.6) is 0 Å². The van der Waals surface area contributed by atoms with E-state index in [-0.39, 0.29) is 26.1 Å². The first-order valence-electron chi connectivity index (χ1n) is 7.08. The first kappa shape index (κ1) is 17.1. The standard InChI is InChI=1S/C15H20O6/c1-3-20-13(18)9-8-12(17)15(14(19)21-4-2)10-6-5-7-11(15)16/h8-9H,3-7,10H2,1-2H3/b9-8-. The Morgan fingerprint density at radius 2 is 1.76 bits per heavy atom. The highest BCUT2D eigenvalue weighted by molar-refractivity contribution is 6.26. The monoisotopic (exact) mass is 296 g/mol. The van der Waals surface area contributed by atoms with Gasteiger partial charge in [0.05, 0.1) is 13.2 Å². The van der Waals surface area contributed by atoms with Crippen molar-refractivity contribution < 1.29 is 28.7 Å². The second-order valence-corrected chi connectivity index (χ2v) is 4.71. The smallest absolute Gasteiger partial charge is 0.330 e. The predicted molar refractivity (Wildman–Crippen MR) is 73.3 cm³/mol. The average molecular weight is 296 g/mol. The molecule has 1 atom stereocenters. The zero-order valence-electron chi connectivity index (χ0n) is 12.3. The van der Waals surface area contributed by atoms with Crippen LogP contribution < -0.4 is 0 Å². The van der Waals surface area contributed by atoms with Gasteiger partial charge < -0.3 is 9.47 Å². The summed E-state index contributed by atoms with van der Waals surface area (Å²) in [5.41, 5.74) is -1.79. The number of ketones is 2. The van der Waals surface area contributed by atoms with Gasteiger partial charge in [-0.05, 0) is 32.8 Å².